The largest absolute Gasteiger partial charge is 1.00 e. The van der Waals surface area contributed by atoms with Crippen molar-refractivity contribution in [2.45, 2.75) is 26.7 Å². The van der Waals surface area contributed by atoms with Crippen molar-refractivity contribution in [2.24, 2.45) is 0 Å². The van der Waals surface area contributed by atoms with Crippen LogP contribution in [0.4, 0.5) is 0 Å². The molecule has 0 aliphatic rings. The number of rotatable bonds is 11. The van der Waals surface area contributed by atoms with Crippen LogP contribution in [0.3, 0.4) is 0 Å². The van der Waals surface area contributed by atoms with E-state index in [-0.39, 0.29) is 33.0 Å². The van der Waals surface area contributed by atoms with Gasteiger partial charge in [-0.2, -0.15) is 0 Å². The van der Waals surface area contributed by atoms with Gasteiger partial charge < -0.3 is 18.9 Å². The van der Waals surface area contributed by atoms with Gasteiger partial charge in [0, 0.05) is 11.4 Å². The second-order valence-electron chi connectivity index (χ2n) is 5.85. The van der Waals surface area contributed by atoms with E-state index in [9.17, 15) is 4.79 Å². The van der Waals surface area contributed by atoms with Gasteiger partial charge in [0.1, 0.15) is 28.6 Å². The molecule has 146 valence electrons. The molecule has 1 atom stereocenters. The topological polar surface area (TPSA) is 54.0 Å². The molecule has 0 saturated heterocycles. The van der Waals surface area contributed by atoms with Crippen molar-refractivity contribution >= 4 is 19.4 Å². The van der Waals surface area contributed by atoms with Gasteiger partial charge in [-0.25, -0.2) is 0 Å². The molecule has 0 aliphatic heterocycles. The van der Waals surface area contributed by atoms with Crippen molar-refractivity contribution in [1.82, 2.24) is 0 Å². The normalized spacial score (nSPS) is 10.4. The van der Waals surface area contributed by atoms with Crippen LogP contribution < -0.4 is 43.1 Å². The van der Waals surface area contributed by atoms with Gasteiger partial charge in [0.15, 0.2) is 5.52 Å². The van der Waals surface area contributed by atoms with Crippen molar-refractivity contribution in [3.05, 3.63) is 42.0 Å². The fourth-order valence-corrected chi connectivity index (χ4v) is 3.56. The average Bonchev–Trinajstić information content (AvgIpc) is 2.70. The van der Waals surface area contributed by atoms with Crippen LogP contribution in [0, 0.1) is 0 Å². The monoisotopic (exact) mass is 397 g/mol. The molecule has 5 nitrogen and oxygen atoms in total. The molecule has 2 aromatic rings. The van der Waals surface area contributed by atoms with E-state index >= 15 is 0 Å². The van der Waals surface area contributed by atoms with Gasteiger partial charge in [0.2, 0.25) is 0 Å². The number of benzene rings is 2. The van der Waals surface area contributed by atoms with Gasteiger partial charge in [-0.05, 0) is 45.7 Å². The predicted molar refractivity (Wildman–Crippen MR) is 110 cm³/mol. The quantitative estimate of drug-likeness (QED) is 0.424. The van der Waals surface area contributed by atoms with Gasteiger partial charge in [0.25, 0.3) is 0 Å². The first-order valence-electron chi connectivity index (χ1n) is 9.06. The zero-order chi connectivity index (χ0) is 19.6. The summed E-state index contributed by atoms with van der Waals surface area (Å²) in [6.45, 7) is 5.33. The Hall–Kier alpha value is -1.66. The van der Waals surface area contributed by atoms with Gasteiger partial charge >= 0.3 is 18.9 Å². The van der Waals surface area contributed by atoms with Crippen molar-refractivity contribution in [3.63, 3.8) is 0 Å². The van der Waals surface area contributed by atoms with Gasteiger partial charge in [0.05, 0.1) is 27.4 Å². The zero-order valence-corrected chi connectivity index (χ0v) is 18.3. The van der Waals surface area contributed by atoms with E-state index in [2.05, 4.69) is 6.92 Å². The van der Waals surface area contributed by atoms with Crippen molar-refractivity contribution < 1.29 is 42.6 Å². The Morgan fingerprint density at radius 3 is 2.07 bits per heavy atom. The first-order chi connectivity index (χ1) is 13.1. The summed E-state index contributed by atoms with van der Waals surface area (Å²) in [5.74, 6) is 2.45. The van der Waals surface area contributed by atoms with E-state index in [1.807, 2.05) is 25.1 Å². The predicted octanol–water partition coefficient (Wildman–Crippen LogP) is 1.43. The van der Waals surface area contributed by atoms with Crippen molar-refractivity contribution in [1.29, 1.82) is 0 Å². The van der Waals surface area contributed by atoms with Gasteiger partial charge in [-0.3, -0.25) is 4.79 Å². The molecular weight excluding hydrogens is 370 g/mol. The van der Waals surface area contributed by atoms with Gasteiger partial charge in [-0.15, -0.1) is 0 Å². The smallest absolute Gasteiger partial charge is 0.496 e. The van der Waals surface area contributed by atoms with Crippen LogP contribution in [-0.4, -0.2) is 33.0 Å². The molecule has 0 bridgehead atoms. The molecule has 2 aromatic carbocycles. The summed E-state index contributed by atoms with van der Waals surface area (Å²) in [7, 11) is 2.98. The number of carbonyl (C=O) groups is 1. The van der Waals surface area contributed by atoms with E-state index in [4.69, 9.17) is 18.9 Å². The van der Waals surface area contributed by atoms with Crippen LogP contribution in [0.15, 0.2) is 36.4 Å². The summed E-state index contributed by atoms with van der Waals surface area (Å²) in [5, 5.41) is 0.838. The van der Waals surface area contributed by atoms with Crippen molar-refractivity contribution in [3.8, 4) is 23.0 Å². The van der Waals surface area contributed by atoms with Gasteiger partial charge in [-0.1, -0.05) is 19.9 Å². The summed E-state index contributed by atoms with van der Waals surface area (Å²) in [4.78, 5) is 13.0. The molecule has 2 rings (SSSR count). The Kier molecular flexibility index (Phi) is 11.1. The minimum absolute atomic E-state index is 0. The van der Waals surface area contributed by atoms with Crippen LogP contribution in [0.5, 0.6) is 23.0 Å². The molecule has 0 aliphatic carbocycles. The summed E-state index contributed by atoms with van der Waals surface area (Å²) in [5.41, 5.74) is 0.390. The molecule has 1 unspecified atom stereocenters. The molecular formula is C21H27LiO5P+. The second-order valence-corrected chi connectivity index (χ2v) is 7.09. The summed E-state index contributed by atoms with van der Waals surface area (Å²) < 4.78 is 22.3. The molecule has 0 N–H and O–H groups in total. The molecule has 0 radical (unpaired) electrons. The number of hydrogen-bond donors (Lipinski definition) is 0. The molecule has 7 heteroatoms. The maximum atomic E-state index is 13.0. The first kappa shape index (κ1) is 24.4. The molecule has 0 aromatic heterocycles. The van der Waals surface area contributed by atoms with E-state index in [0.29, 0.717) is 36.0 Å². The molecule has 28 heavy (non-hydrogen) atoms. The molecule has 0 saturated carbocycles. The minimum Gasteiger partial charge on any atom is -0.496 e. The van der Waals surface area contributed by atoms with Crippen LogP contribution in [0.25, 0.3) is 0 Å². The van der Waals surface area contributed by atoms with Crippen LogP contribution in [0.1, 0.15) is 37.0 Å². The minimum atomic E-state index is -0.116. The van der Waals surface area contributed by atoms with E-state index in [1.54, 1.807) is 32.4 Å². The maximum absolute atomic E-state index is 13.0. The fourth-order valence-electron chi connectivity index (χ4n) is 2.51. The molecule has 0 fully saturated rings. The maximum Gasteiger partial charge on any atom is 1.00 e. The average molecular weight is 397 g/mol. The van der Waals surface area contributed by atoms with Crippen LogP contribution >= 0.6 is 8.58 Å². The number of ether oxygens (including phenoxy) is 4. The third kappa shape index (κ3) is 6.45. The standard InChI is InChI=1S/C21H27O5P.Li/c1-5-12-25-15-10-11-19(18(14-15)26-13-6-2)27-21(22)20-16(23-3)8-7-9-17(20)24-4;/h7-11,14,27H,5-6,12-13H2,1-4H3;/q;+1. The second kappa shape index (κ2) is 12.7. The van der Waals surface area contributed by atoms with Crippen molar-refractivity contribution in [2.75, 3.05) is 27.4 Å². The molecule has 0 spiro atoms. The van der Waals surface area contributed by atoms with Crippen LogP contribution in [-0.2, 0) is 0 Å². The molecule has 0 amide bonds. The Balaban J connectivity index is 0.00000392. The number of methoxy groups -OCH3 is 2. The SMILES string of the molecule is CCCOc1ccc(PC(=O)c2c(OC)cccc2OC)c(OCCC)c1.[Li+]. The van der Waals surface area contributed by atoms with E-state index in [0.717, 1.165) is 23.9 Å². The summed E-state index contributed by atoms with van der Waals surface area (Å²) in [6, 6.07) is 11.0. The Morgan fingerprint density at radius 1 is 0.893 bits per heavy atom. The third-order valence-electron chi connectivity index (χ3n) is 3.79. The molecule has 0 heterocycles. The number of carbonyl (C=O) groups excluding carboxylic acids is 1. The Labute approximate surface area is 181 Å². The fraction of sp³-hybridized carbons (Fsp3) is 0.381. The Bertz CT molecular complexity index is 744. The summed E-state index contributed by atoms with van der Waals surface area (Å²) in [6.07, 6.45) is 1.82. The van der Waals surface area contributed by atoms with Crippen LogP contribution in [0.2, 0.25) is 0 Å². The Morgan fingerprint density at radius 2 is 1.50 bits per heavy atom. The summed E-state index contributed by atoms with van der Waals surface area (Å²) >= 11 is 0. The first-order valence-corrected chi connectivity index (χ1v) is 10.1. The number of hydrogen-bond acceptors (Lipinski definition) is 5. The van der Waals surface area contributed by atoms with E-state index < -0.39 is 0 Å². The zero-order valence-electron chi connectivity index (χ0n) is 17.3. The van der Waals surface area contributed by atoms with E-state index in [1.165, 1.54) is 0 Å². The third-order valence-corrected chi connectivity index (χ3v) is 4.95.